The van der Waals surface area contributed by atoms with Gasteiger partial charge in [-0.2, -0.15) is 0 Å². The van der Waals surface area contributed by atoms with E-state index in [1.54, 1.807) is 19.2 Å². The molecule has 0 aliphatic heterocycles. The largest absolute Gasteiger partial charge is 0.462 e. The Morgan fingerprint density at radius 3 is 2.70 bits per heavy atom. The van der Waals surface area contributed by atoms with E-state index >= 15 is 0 Å². The lowest BCUT2D eigenvalue weighted by Gasteiger charge is -2.23. The molecule has 112 valence electrons. The van der Waals surface area contributed by atoms with Crippen molar-refractivity contribution in [2.24, 2.45) is 0 Å². The van der Waals surface area contributed by atoms with Crippen LogP contribution in [0.25, 0.3) is 0 Å². The molecule has 1 aromatic heterocycles. The fourth-order valence-electron chi connectivity index (χ4n) is 1.83. The standard InChI is InChI=1S/C14H23N3O3/c1-4-17(9-10-19-5-2)13-12(15)11(7-8-16-13)14(18)20-6-3/h7-8H,4-6,9-10,15H2,1-3H3. The second kappa shape index (κ2) is 8.37. The van der Waals surface area contributed by atoms with Crippen LogP contribution in [0, 0.1) is 0 Å². The molecule has 1 heterocycles. The molecule has 0 spiro atoms. The molecule has 0 fully saturated rings. The highest BCUT2D eigenvalue weighted by molar-refractivity contribution is 5.97. The molecule has 0 atom stereocenters. The van der Waals surface area contributed by atoms with Crippen LogP contribution in [0.4, 0.5) is 11.5 Å². The van der Waals surface area contributed by atoms with E-state index in [1.165, 1.54) is 0 Å². The van der Waals surface area contributed by atoms with Crippen LogP contribution in [0.15, 0.2) is 12.3 Å². The van der Waals surface area contributed by atoms with Crippen molar-refractivity contribution in [3.05, 3.63) is 17.8 Å². The lowest BCUT2D eigenvalue weighted by Crippen LogP contribution is -2.29. The van der Waals surface area contributed by atoms with Crippen LogP contribution in [0.1, 0.15) is 31.1 Å². The number of pyridine rings is 1. The third-order valence-corrected chi connectivity index (χ3v) is 2.86. The minimum Gasteiger partial charge on any atom is -0.462 e. The Hall–Kier alpha value is -1.82. The van der Waals surface area contributed by atoms with E-state index < -0.39 is 5.97 Å². The summed E-state index contributed by atoms with van der Waals surface area (Å²) >= 11 is 0. The summed E-state index contributed by atoms with van der Waals surface area (Å²) in [4.78, 5) is 18.1. The van der Waals surface area contributed by atoms with E-state index in [2.05, 4.69) is 4.98 Å². The van der Waals surface area contributed by atoms with Gasteiger partial charge in [-0.15, -0.1) is 0 Å². The molecule has 0 amide bonds. The molecule has 0 aromatic carbocycles. The van der Waals surface area contributed by atoms with Crippen molar-refractivity contribution in [3.8, 4) is 0 Å². The Labute approximate surface area is 119 Å². The zero-order valence-electron chi connectivity index (χ0n) is 12.4. The third-order valence-electron chi connectivity index (χ3n) is 2.86. The van der Waals surface area contributed by atoms with Gasteiger partial charge in [0.2, 0.25) is 0 Å². The van der Waals surface area contributed by atoms with Crippen LogP contribution < -0.4 is 10.6 Å². The van der Waals surface area contributed by atoms with E-state index in [4.69, 9.17) is 15.2 Å². The summed E-state index contributed by atoms with van der Waals surface area (Å²) in [5, 5.41) is 0. The minimum absolute atomic E-state index is 0.317. The number of carbonyl (C=O) groups excluding carboxylic acids is 1. The number of likely N-dealkylation sites (N-methyl/N-ethyl adjacent to an activating group) is 1. The lowest BCUT2D eigenvalue weighted by molar-refractivity contribution is 0.0527. The lowest BCUT2D eigenvalue weighted by atomic mass is 10.2. The first-order valence-corrected chi connectivity index (χ1v) is 6.89. The second-order valence-electron chi connectivity index (χ2n) is 4.09. The fourth-order valence-corrected chi connectivity index (χ4v) is 1.83. The summed E-state index contributed by atoms with van der Waals surface area (Å²) < 4.78 is 10.3. The Kier molecular flexibility index (Phi) is 6.79. The van der Waals surface area contributed by atoms with Gasteiger partial charge in [0.1, 0.15) is 0 Å². The fraction of sp³-hybridized carbons (Fsp3) is 0.571. The van der Waals surface area contributed by atoms with Crippen molar-refractivity contribution >= 4 is 17.5 Å². The number of hydrogen-bond acceptors (Lipinski definition) is 6. The van der Waals surface area contributed by atoms with Gasteiger partial charge in [0.25, 0.3) is 0 Å². The maximum Gasteiger partial charge on any atom is 0.340 e. The summed E-state index contributed by atoms with van der Waals surface area (Å²) in [5.41, 5.74) is 6.75. The molecule has 0 aliphatic carbocycles. The van der Waals surface area contributed by atoms with Gasteiger partial charge in [-0.25, -0.2) is 9.78 Å². The SMILES string of the molecule is CCOCCN(CC)c1nccc(C(=O)OCC)c1N. The summed E-state index contributed by atoms with van der Waals surface area (Å²) in [6.45, 7) is 8.70. The molecule has 1 aromatic rings. The van der Waals surface area contributed by atoms with Gasteiger partial charge >= 0.3 is 5.97 Å². The molecule has 0 radical (unpaired) electrons. The number of ether oxygens (including phenoxy) is 2. The third kappa shape index (κ3) is 4.09. The van der Waals surface area contributed by atoms with Crippen molar-refractivity contribution in [1.29, 1.82) is 0 Å². The molecule has 1 rings (SSSR count). The minimum atomic E-state index is -0.422. The highest BCUT2D eigenvalue weighted by Gasteiger charge is 2.17. The van der Waals surface area contributed by atoms with Gasteiger partial charge in [-0.05, 0) is 26.8 Å². The topological polar surface area (TPSA) is 77.7 Å². The summed E-state index contributed by atoms with van der Waals surface area (Å²) in [6, 6.07) is 1.58. The molecule has 20 heavy (non-hydrogen) atoms. The summed E-state index contributed by atoms with van der Waals surface area (Å²) in [7, 11) is 0. The first-order chi connectivity index (χ1) is 9.65. The molecule has 6 nitrogen and oxygen atoms in total. The number of aromatic nitrogens is 1. The first kappa shape index (κ1) is 16.2. The predicted molar refractivity (Wildman–Crippen MR) is 79.0 cm³/mol. The predicted octanol–water partition coefficient (Wildman–Crippen LogP) is 1.70. The van der Waals surface area contributed by atoms with Gasteiger partial charge in [0.05, 0.1) is 24.5 Å². The normalized spacial score (nSPS) is 10.3. The van der Waals surface area contributed by atoms with Crippen molar-refractivity contribution < 1.29 is 14.3 Å². The van der Waals surface area contributed by atoms with Crippen LogP contribution in [0.3, 0.4) is 0 Å². The Bertz CT molecular complexity index is 438. The van der Waals surface area contributed by atoms with Crippen molar-refractivity contribution in [3.63, 3.8) is 0 Å². The van der Waals surface area contributed by atoms with E-state index in [0.29, 0.717) is 43.4 Å². The molecule has 6 heteroatoms. The zero-order valence-corrected chi connectivity index (χ0v) is 12.4. The summed E-state index contributed by atoms with van der Waals surface area (Å²) in [6.07, 6.45) is 1.57. The van der Waals surface area contributed by atoms with Gasteiger partial charge in [-0.3, -0.25) is 0 Å². The highest BCUT2D eigenvalue weighted by Crippen LogP contribution is 2.24. The zero-order chi connectivity index (χ0) is 15.0. The average Bonchev–Trinajstić information content (AvgIpc) is 2.45. The monoisotopic (exact) mass is 281 g/mol. The molecule has 0 aliphatic rings. The molecular formula is C14H23N3O3. The van der Waals surface area contributed by atoms with Crippen LogP contribution in [0.2, 0.25) is 0 Å². The first-order valence-electron chi connectivity index (χ1n) is 6.89. The number of hydrogen-bond donors (Lipinski definition) is 1. The number of nitrogen functional groups attached to an aromatic ring is 1. The molecule has 0 saturated carbocycles. The van der Waals surface area contributed by atoms with Crippen LogP contribution >= 0.6 is 0 Å². The number of esters is 1. The van der Waals surface area contributed by atoms with Gasteiger partial charge < -0.3 is 20.1 Å². The number of nitrogens with two attached hydrogens (primary N) is 1. The smallest absolute Gasteiger partial charge is 0.340 e. The molecule has 0 unspecified atom stereocenters. The Morgan fingerprint density at radius 2 is 2.10 bits per heavy atom. The van der Waals surface area contributed by atoms with Crippen LogP contribution in [-0.2, 0) is 9.47 Å². The maximum atomic E-state index is 11.8. The van der Waals surface area contributed by atoms with E-state index in [-0.39, 0.29) is 0 Å². The highest BCUT2D eigenvalue weighted by atomic mass is 16.5. The molecule has 0 saturated heterocycles. The Balaban J connectivity index is 2.93. The number of rotatable bonds is 8. The van der Waals surface area contributed by atoms with E-state index in [0.717, 1.165) is 6.54 Å². The maximum absolute atomic E-state index is 11.8. The van der Waals surface area contributed by atoms with Crippen molar-refractivity contribution in [2.75, 3.05) is 43.5 Å². The number of nitrogens with zero attached hydrogens (tertiary/aromatic N) is 2. The second-order valence-corrected chi connectivity index (χ2v) is 4.09. The number of carbonyl (C=O) groups is 1. The van der Waals surface area contributed by atoms with Gasteiger partial charge in [0.15, 0.2) is 5.82 Å². The number of anilines is 2. The molecule has 2 N–H and O–H groups in total. The van der Waals surface area contributed by atoms with Crippen LogP contribution in [0.5, 0.6) is 0 Å². The van der Waals surface area contributed by atoms with Crippen molar-refractivity contribution in [2.45, 2.75) is 20.8 Å². The average molecular weight is 281 g/mol. The Morgan fingerprint density at radius 1 is 1.35 bits per heavy atom. The molecule has 0 bridgehead atoms. The van der Waals surface area contributed by atoms with Gasteiger partial charge in [-0.1, -0.05) is 0 Å². The van der Waals surface area contributed by atoms with Crippen molar-refractivity contribution in [1.82, 2.24) is 4.98 Å². The van der Waals surface area contributed by atoms with Crippen LogP contribution in [-0.4, -0.2) is 43.9 Å². The van der Waals surface area contributed by atoms with Gasteiger partial charge in [0, 0.05) is 25.9 Å². The van der Waals surface area contributed by atoms with E-state index in [1.807, 2.05) is 18.7 Å². The van der Waals surface area contributed by atoms with E-state index in [9.17, 15) is 4.79 Å². The quantitative estimate of drug-likeness (QED) is 0.577. The summed E-state index contributed by atoms with van der Waals surface area (Å²) in [5.74, 6) is 0.173. The molecular weight excluding hydrogens is 258 g/mol.